The van der Waals surface area contributed by atoms with E-state index < -0.39 is 0 Å². The Bertz CT molecular complexity index is 885. The molecule has 1 aromatic heterocycles. The van der Waals surface area contributed by atoms with E-state index in [-0.39, 0.29) is 18.7 Å². The third-order valence-electron chi connectivity index (χ3n) is 4.28. The van der Waals surface area contributed by atoms with Gasteiger partial charge in [-0.2, -0.15) is 0 Å². The van der Waals surface area contributed by atoms with Crippen molar-refractivity contribution in [2.75, 3.05) is 42.6 Å². The van der Waals surface area contributed by atoms with Crippen molar-refractivity contribution in [3.8, 4) is 17.6 Å². The van der Waals surface area contributed by atoms with Gasteiger partial charge in [-0.1, -0.05) is 17.3 Å². The van der Waals surface area contributed by atoms with Crippen LogP contribution in [-0.2, 0) is 0 Å². The molecule has 2 aliphatic heterocycles. The van der Waals surface area contributed by atoms with Gasteiger partial charge in [0.25, 0.3) is 0 Å². The van der Waals surface area contributed by atoms with Crippen LogP contribution >= 0.6 is 11.3 Å². The van der Waals surface area contributed by atoms with Crippen molar-refractivity contribution in [2.45, 2.75) is 13.0 Å². The van der Waals surface area contributed by atoms with Gasteiger partial charge in [0.15, 0.2) is 5.13 Å². The number of thiazole rings is 1. The molecule has 2 N–H and O–H groups in total. The number of urea groups is 1. The third-order valence-corrected chi connectivity index (χ3v) is 5.30. The molecule has 1 atom stereocenters. The van der Waals surface area contributed by atoms with Gasteiger partial charge >= 0.3 is 6.03 Å². The summed E-state index contributed by atoms with van der Waals surface area (Å²) in [5, 5.41) is 12.8. The molecule has 130 valence electrons. The van der Waals surface area contributed by atoms with Crippen LogP contribution in [0.25, 0.3) is 10.2 Å². The van der Waals surface area contributed by atoms with Crippen LogP contribution in [0.2, 0.25) is 0 Å². The number of fused-ring (bicyclic) bond motifs is 3. The first-order chi connectivity index (χ1) is 12.2. The molecule has 0 saturated carbocycles. The van der Waals surface area contributed by atoms with Crippen LogP contribution in [0.1, 0.15) is 6.92 Å². The second-order valence-corrected chi connectivity index (χ2v) is 6.79. The summed E-state index contributed by atoms with van der Waals surface area (Å²) in [5.74, 6) is 6.69. The van der Waals surface area contributed by atoms with Crippen LogP contribution in [-0.4, -0.2) is 55.0 Å². The van der Waals surface area contributed by atoms with Crippen molar-refractivity contribution in [3.05, 3.63) is 12.1 Å². The predicted molar refractivity (Wildman–Crippen MR) is 97.5 cm³/mol. The van der Waals surface area contributed by atoms with Gasteiger partial charge in [-0.3, -0.25) is 4.90 Å². The SMILES string of the molecule is CC#C[C@@H]1CNC(=O)N1c1nc2c3c(ccc2s1)OCCN3CCO. The van der Waals surface area contributed by atoms with E-state index in [0.29, 0.717) is 31.4 Å². The molecular weight excluding hydrogens is 340 g/mol. The summed E-state index contributed by atoms with van der Waals surface area (Å²) >= 11 is 1.46. The minimum Gasteiger partial charge on any atom is -0.489 e. The number of anilines is 2. The number of aliphatic hydroxyl groups is 1. The molecule has 3 heterocycles. The van der Waals surface area contributed by atoms with E-state index in [0.717, 1.165) is 21.7 Å². The zero-order valence-corrected chi connectivity index (χ0v) is 14.6. The highest BCUT2D eigenvalue weighted by molar-refractivity contribution is 7.22. The fourth-order valence-electron chi connectivity index (χ4n) is 3.20. The molecule has 2 aliphatic rings. The molecule has 0 unspecified atom stereocenters. The van der Waals surface area contributed by atoms with Crippen molar-refractivity contribution >= 4 is 38.4 Å². The topological polar surface area (TPSA) is 77.9 Å². The van der Waals surface area contributed by atoms with E-state index in [4.69, 9.17) is 9.72 Å². The molecule has 2 aromatic rings. The summed E-state index contributed by atoms with van der Waals surface area (Å²) in [6.07, 6.45) is 0. The number of rotatable bonds is 3. The zero-order valence-electron chi connectivity index (χ0n) is 13.8. The molecule has 2 amide bonds. The number of hydrogen-bond acceptors (Lipinski definition) is 6. The normalized spacial score (nSPS) is 19.3. The van der Waals surface area contributed by atoms with Crippen LogP contribution in [0.5, 0.6) is 5.75 Å². The monoisotopic (exact) mass is 358 g/mol. The molecule has 4 rings (SSSR count). The Labute approximate surface area is 149 Å². The number of hydrogen-bond donors (Lipinski definition) is 2. The zero-order chi connectivity index (χ0) is 17.4. The molecule has 7 nitrogen and oxygen atoms in total. The summed E-state index contributed by atoms with van der Waals surface area (Å²) < 4.78 is 6.73. The average Bonchev–Trinajstić information content (AvgIpc) is 3.18. The Morgan fingerprint density at radius 3 is 3.20 bits per heavy atom. The number of carbonyl (C=O) groups is 1. The van der Waals surface area contributed by atoms with Crippen LogP contribution in [0, 0.1) is 11.8 Å². The first-order valence-electron chi connectivity index (χ1n) is 8.14. The highest BCUT2D eigenvalue weighted by atomic mass is 32.1. The number of aromatic nitrogens is 1. The third kappa shape index (κ3) is 2.65. The largest absolute Gasteiger partial charge is 0.489 e. The summed E-state index contributed by atoms with van der Waals surface area (Å²) in [7, 11) is 0. The second-order valence-electron chi connectivity index (χ2n) is 5.78. The summed E-state index contributed by atoms with van der Waals surface area (Å²) in [6.45, 7) is 4.13. The molecule has 1 fully saturated rings. The first kappa shape index (κ1) is 16.0. The number of β-amino-alcohol motifs (C(OH)–C–C–N with tert-alkyl or cyclic N) is 1. The quantitative estimate of drug-likeness (QED) is 0.811. The number of aliphatic hydroxyl groups excluding tert-OH is 1. The number of nitrogens with one attached hydrogen (secondary N) is 1. The van der Waals surface area contributed by atoms with Crippen molar-refractivity contribution in [1.29, 1.82) is 0 Å². The van der Waals surface area contributed by atoms with Crippen LogP contribution in [0.3, 0.4) is 0 Å². The maximum Gasteiger partial charge on any atom is 0.324 e. The van der Waals surface area contributed by atoms with Crippen molar-refractivity contribution in [2.24, 2.45) is 0 Å². The maximum absolute atomic E-state index is 12.2. The molecule has 1 aromatic carbocycles. The van der Waals surface area contributed by atoms with E-state index in [1.54, 1.807) is 11.8 Å². The molecular formula is C17H18N4O3S. The lowest BCUT2D eigenvalue weighted by atomic mass is 10.2. The van der Waals surface area contributed by atoms with Gasteiger partial charge in [-0.25, -0.2) is 9.78 Å². The number of carbonyl (C=O) groups excluding carboxylic acids is 1. The predicted octanol–water partition coefficient (Wildman–Crippen LogP) is 1.41. The summed E-state index contributed by atoms with van der Waals surface area (Å²) in [4.78, 5) is 20.7. The standard InChI is InChI=1S/C17H18N4O3S/c1-2-3-11-10-18-16(23)21(11)17-19-14-13(25-17)5-4-12-15(14)20(6-8-22)7-9-24-12/h4-5,11,22H,6-10H2,1H3,(H,18,23)/t11-/m1/s1. The van der Waals surface area contributed by atoms with Gasteiger partial charge < -0.3 is 20.1 Å². The highest BCUT2D eigenvalue weighted by Crippen LogP contribution is 2.42. The number of benzene rings is 1. The van der Waals surface area contributed by atoms with Crippen LogP contribution in [0.4, 0.5) is 15.6 Å². The Morgan fingerprint density at radius 1 is 1.52 bits per heavy atom. The fraction of sp³-hybridized carbons (Fsp3) is 0.412. The van der Waals surface area contributed by atoms with Crippen LogP contribution < -0.4 is 19.9 Å². The second kappa shape index (κ2) is 6.43. The fourth-order valence-corrected chi connectivity index (χ4v) is 4.22. The van der Waals surface area contributed by atoms with Gasteiger partial charge in [-0.05, 0) is 19.1 Å². The molecule has 0 aliphatic carbocycles. The lowest BCUT2D eigenvalue weighted by Gasteiger charge is -2.30. The number of ether oxygens (including phenoxy) is 1. The Kier molecular flexibility index (Phi) is 4.11. The van der Waals surface area contributed by atoms with E-state index in [9.17, 15) is 9.90 Å². The molecule has 1 saturated heterocycles. The first-order valence-corrected chi connectivity index (χ1v) is 8.96. The molecule has 0 spiro atoms. The molecule has 0 radical (unpaired) electrons. The molecule has 0 bridgehead atoms. The van der Waals surface area contributed by atoms with E-state index in [1.165, 1.54) is 11.3 Å². The molecule has 25 heavy (non-hydrogen) atoms. The van der Waals surface area contributed by atoms with Crippen molar-refractivity contribution in [3.63, 3.8) is 0 Å². The van der Waals surface area contributed by atoms with Crippen molar-refractivity contribution < 1.29 is 14.6 Å². The Morgan fingerprint density at radius 2 is 2.40 bits per heavy atom. The van der Waals surface area contributed by atoms with Crippen LogP contribution in [0.15, 0.2) is 12.1 Å². The van der Waals surface area contributed by atoms with Gasteiger partial charge in [0, 0.05) is 6.54 Å². The lowest BCUT2D eigenvalue weighted by Crippen LogP contribution is -2.35. The van der Waals surface area contributed by atoms with E-state index in [1.807, 2.05) is 12.1 Å². The average molecular weight is 358 g/mol. The minimum absolute atomic E-state index is 0.0650. The van der Waals surface area contributed by atoms with Crippen molar-refractivity contribution in [1.82, 2.24) is 10.3 Å². The number of nitrogens with zero attached hydrogens (tertiary/aromatic N) is 3. The molecule has 8 heteroatoms. The van der Waals surface area contributed by atoms with E-state index >= 15 is 0 Å². The van der Waals surface area contributed by atoms with Gasteiger partial charge in [0.1, 0.15) is 29.6 Å². The minimum atomic E-state index is -0.210. The summed E-state index contributed by atoms with van der Waals surface area (Å²) in [5.41, 5.74) is 1.69. The smallest absolute Gasteiger partial charge is 0.324 e. The Hall–Kier alpha value is -2.50. The maximum atomic E-state index is 12.2. The van der Waals surface area contributed by atoms with Gasteiger partial charge in [-0.15, -0.1) is 5.92 Å². The summed E-state index contributed by atoms with van der Waals surface area (Å²) in [6, 6.07) is 3.51. The Balaban J connectivity index is 1.81. The highest BCUT2D eigenvalue weighted by Gasteiger charge is 2.34. The number of amides is 2. The van der Waals surface area contributed by atoms with Gasteiger partial charge in [0.2, 0.25) is 0 Å². The lowest BCUT2D eigenvalue weighted by molar-refractivity contribution is 0.252. The van der Waals surface area contributed by atoms with Gasteiger partial charge in [0.05, 0.1) is 24.4 Å². The van der Waals surface area contributed by atoms with E-state index in [2.05, 4.69) is 22.1 Å².